The van der Waals surface area contributed by atoms with Gasteiger partial charge in [-0.1, -0.05) is 12.2 Å². The molecular weight excluding hydrogens is 224 g/mol. The van der Waals surface area contributed by atoms with Gasteiger partial charge < -0.3 is 4.57 Å². The van der Waals surface area contributed by atoms with Gasteiger partial charge in [-0.3, -0.25) is 4.90 Å². The van der Waals surface area contributed by atoms with Crippen LogP contribution in [0.4, 0.5) is 0 Å². The summed E-state index contributed by atoms with van der Waals surface area (Å²) in [5, 5.41) is 8.25. The molecule has 4 heteroatoms. The topological polar surface area (TPSA) is 34.0 Å². The average molecular weight is 248 g/mol. The molecule has 0 fully saturated rings. The minimum atomic E-state index is 0.431. The lowest BCUT2D eigenvalue weighted by Gasteiger charge is -2.24. The van der Waals surface area contributed by atoms with Crippen LogP contribution in [0.2, 0.25) is 0 Å². The van der Waals surface area contributed by atoms with Gasteiger partial charge in [0.15, 0.2) is 0 Å². The van der Waals surface area contributed by atoms with E-state index >= 15 is 0 Å². The van der Waals surface area contributed by atoms with Crippen molar-refractivity contribution in [3.05, 3.63) is 24.3 Å². The minimum Gasteiger partial charge on any atom is -0.314 e. The van der Waals surface area contributed by atoms with E-state index in [-0.39, 0.29) is 0 Å². The van der Waals surface area contributed by atoms with E-state index in [1.807, 2.05) is 6.33 Å². The fraction of sp³-hybridized carbons (Fsp3) is 0.714. The molecular formula is C14H24N4. The molecule has 1 aliphatic carbocycles. The van der Waals surface area contributed by atoms with E-state index in [1.54, 1.807) is 0 Å². The van der Waals surface area contributed by atoms with Crippen molar-refractivity contribution in [1.29, 1.82) is 0 Å². The summed E-state index contributed by atoms with van der Waals surface area (Å²) in [6.07, 6.45) is 10.2. The Morgan fingerprint density at radius 2 is 2.28 bits per heavy atom. The van der Waals surface area contributed by atoms with E-state index in [0.717, 1.165) is 24.8 Å². The Hall–Kier alpha value is -1.16. The van der Waals surface area contributed by atoms with Crippen LogP contribution in [0.1, 0.15) is 45.0 Å². The minimum absolute atomic E-state index is 0.431. The Bertz CT molecular complexity index is 394. The Balaban J connectivity index is 1.88. The van der Waals surface area contributed by atoms with Crippen molar-refractivity contribution in [3.63, 3.8) is 0 Å². The lowest BCUT2D eigenvalue weighted by Crippen LogP contribution is -2.27. The van der Waals surface area contributed by atoms with Crippen LogP contribution in [0.3, 0.4) is 0 Å². The Labute approximate surface area is 110 Å². The monoisotopic (exact) mass is 248 g/mol. The quantitative estimate of drug-likeness (QED) is 0.751. The molecule has 1 aliphatic rings. The number of rotatable bonds is 5. The van der Waals surface area contributed by atoms with Crippen molar-refractivity contribution in [2.45, 2.75) is 45.7 Å². The van der Waals surface area contributed by atoms with Crippen molar-refractivity contribution < 1.29 is 0 Å². The van der Waals surface area contributed by atoms with Crippen LogP contribution in [-0.4, -0.2) is 33.3 Å². The first-order valence-corrected chi connectivity index (χ1v) is 6.88. The molecule has 0 spiro atoms. The van der Waals surface area contributed by atoms with Crippen LogP contribution in [0.15, 0.2) is 18.5 Å². The molecule has 18 heavy (non-hydrogen) atoms. The number of allylic oxidation sites excluding steroid dienone is 2. The van der Waals surface area contributed by atoms with Gasteiger partial charge in [-0.15, -0.1) is 10.2 Å². The molecule has 0 saturated heterocycles. The molecule has 0 aromatic carbocycles. The summed E-state index contributed by atoms with van der Waals surface area (Å²) in [6, 6.07) is 0.431. The van der Waals surface area contributed by atoms with Gasteiger partial charge in [0.05, 0.1) is 6.54 Å². The third-order valence-corrected chi connectivity index (χ3v) is 3.56. The SMILES string of the molecule is CC(C)n1cnnc1CN(C)C[C@@H]1CC=CCC1. The maximum absolute atomic E-state index is 4.23. The van der Waals surface area contributed by atoms with Crippen molar-refractivity contribution in [2.24, 2.45) is 5.92 Å². The second kappa shape index (κ2) is 6.14. The molecule has 1 atom stereocenters. The molecule has 0 bridgehead atoms. The fourth-order valence-corrected chi connectivity index (χ4v) is 2.58. The predicted octanol–water partition coefficient (Wildman–Crippen LogP) is 2.65. The molecule has 0 N–H and O–H groups in total. The van der Waals surface area contributed by atoms with Gasteiger partial charge in [0.25, 0.3) is 0 Å². The van der Waals surface area contributed by atoms with Crippen LogP contribution in [0.25, 0.3) is 0 Å². The summed E-state index contributed by atoms with van der Waals surface area (Å²) in [7, 11) is 2.18. The second-order valence-corrected chi connectivity index (χ2v) is 5.60. The molecule has 1 aromatic rings. The van der Waals surface area contributed by atoms with Gasteiger partial charge >= 0.3 is 0 Å². The summed E-state index contributed by atoms with van der Waals surface area (Å²) < 4.78 is 2.15. The maximum Gasteiger partial charge on any atom is 0.147 e. The fourth-order valence-electron chi connectivity index (χ4n) is 2.58. The van der Waals surface area contributed by atoms with Crippen molar-refractivity contribution in [2.75, 3.05) is 13.6 Å². The molecule has 0 saturated carbocycles. The second-order valence-electron chi connectivity index (χ2n) is 5.60. The van der Waals surface area contributed by atoms with Gasteiger partial charge in [-0.2, -0.15) is 0 Å². The summed E-state index contributed by atoms with van der Waals surface area (Å²) in [4.78, 5) is 2.37. The summed E-state index contributed by atoms with van der Waals surface area (Å²) in [5.74, 6) is 1.87. The van der Waals surface area contributed by atoms with Gasteiger partial charge in [0.2, 0.25) is 0 Å². The lowest BCUT2D eigenvalue weighted by molar-refractivity contribution is 0.249. The first-order valence-electron chi connectivity index (χ1n) is 6.88. The Kier molecular flexibility index (Phi) is 4.53. The molecule has 0 unspecified atom stereocenters. The zero-order valence-corrected chi connectivity index (χ0v) is 11.7. The van der Waals surface area contributed by atoms with Crippen molar-refractivity contribution in [3.8, 4) is 0 Å². The van der Waals surface area contributed by atoms with E-state index in [1.165, 1.54) is 19.3 Å². The molecule has 0 amide bonds. The molecule has 0 aliphatic heterocycles. The largest absolute Gasteiger partial charge is 0.314 e. The number of hydrogen-bond acceptors (Lipinski definition) is 3. The smallest absolute Gasteiger partial charge is 0.147 e. The first-order chi connectivity index (χ1) is 8.66. The standard InChI is InChI=1S/C14H24N4/c1-12(2)18-11-15-16-14(18)10-17(3)9-13-7-5-4-6-8-13/h4-5,11-13H,6-10H2,1-3H3/t13-/m1/s1. The van der Waals surface area contributed by atoms with Crippen LogP contribution in [0.5, 0.6) is 0 Å². The van der Waals surface area contributed by atoms with Crippen molar-refractivity contribution >= 4 is 0 Å². The first kappa shape index (κ1) is 13.3. The number of nitrogens with zero attached hydrogens (tertiary/aromatic N) is 4. The highest BCUT2D eigenvalue weighted by Gasteiger charge is 2.15. The molecule has 0 radical (unpaired) electrons. The highest BCUT2D eigenvalue weighted by molar-refractivity contribution is 4.92. The lowest BCUT2D eigenvalue weighted by atomic mass is 9.94. The highest BCUT2D eigenvalue weighted by Crippen LogP contribution is 2.19. The van der Waals surface area contributed by atoms with Gasteiger partial charge in [0, 0.05) is 12.6 Å². The summed E-state index contributed by atoms with van der Waals surface area (Å²) in [6.45, 7) is 6.37. The van der Waals surface area contributed by atoms with Gasteiger partial charge in [0.1, 0.15) is 12.2 Å². The third-order valence-electron chi connectivity index (χ3n) is 3.56. The normalized spacial score (nSPS) is 19.9. The zero-order valence-electron chi connectivity index (χ0n) is 11.7. The van der Waals surface area contributed by atoms with E-state index in [9.17, 15) is 0 Å². The van der Waals surface area contributed by atoms with Crippen LogP contribution < -0.4 is 0 Å². The highest BCUT2D eigenvalue weighted by atomic mass is 15.3. The number of aromatic nitrogens is 3. The van der Waals surface area contributed by atoms with Gasteiger partial charge in [-0.05, 0) is 46.1 Å². The van der Waals surface area contributed by atoms with E-state index in [2.05, 4.69) is 52.7 Å². The zero-order chi connectivity index (χ0) is 13.0. The third kappa shape index (κ3) is 3.42. The van der Waals surface area contributed by atoms with Gasteiger partial charge in [-0.25, -0.2) is 0 Å². The van der Waals surface area contributed by atoms with Crippen LogP contribution in [-0.2, 0) is 6.54 Å². The summed E-state index contributed by atoms with van der Waals surface area (Å²) >= 11 is 0. The number of hydrogen-bond donors (Lipinski definition) is 0. The molecule has 4 nitrogen and oxygen atoms in total. The molecule has 1 heterocycles. The maximum atomic E-state index is 4.23. The predicted molar refractivity (Wildman–Crippen MR) is 73.2 cm³/mol. The molecule has 2 rings (SSSR count). The van der Waals surface area contributed by atoms with Crippen molar-refractivity contribution in [1.82, 2.24) is 19.7 Å². The van der Waals surface area contributed by atoms with E-state index < -0.39 is 0 Å². The molecule has 1 aromatic heterocycles. The van der Waals surface area contributed by atoms with Crippen LogP contribution in [0, 0.1) is 5.92 Å². The Morgan fingerprint density at radius 1 is 1.44 bits per heavy atom. The molecule has 100 valence electrons. The van der Waals surface area contributed by atoms with E-state index in [0.29, 0.717) is 6.04 Å². The van der Waals surface area contributed by atoms with Crippen LogP contribution >= 0.6 is 0 Å². The van der Waals surface area contributed by atoms with E-state index in [4.69, 9.17) is 0 Å². The Morgan fingerprint density at radius 3 is 2.94 bits per heavy atom. The summed E-state index contributed by atoms with van der Waals surface area (Å²) in [5.41, 5.74) is 0. The average Bonchev–Trinajstić information content (AvgIpc) is 2.78.